The first-order valence-corrected chi connectivity index (χ1v) is 9.21. The summed E-state index contributed by atoms with van der Waals surface area (Å²) >= 11 is 0. The van der Waals surface area contributed by atoms with Gasteiger partial charge < -0.3 is 5.11 Å². The van der Waals surface area contributed by atoms with Gasteiger partial charge in [-0.1, -0.05) is 36.4 Å². The van der Waals surface area contributed by atoms with E-state index >= 15 is 0 Å². The van der Waals surface area contributed by atoms with Gasteiger partial charge in [0.1, 0.15) is 0 Å². The number of piperidine rings is 1. The summed E-state index contributed by atoms with van der Waals surface area (Å²) in [6.07, 6.45) is 7.80. The summed E-state index contributed by atoms with van der Waals surface area (Å²) in [5.74, 6) is 0. The molecule has 0 radical (unpaired) electrons. The molecule has 2 aromatic rings. The minimum Gasteiger partial charge on any atom is -0.385 e. The van der Waals surface area contributed by atoms with Gasteiger partial charge in [0.2, 0.25) is 0 Å². The normalized spacial score (nSPS) is 29.1. The van der Waals surface area contributed by atoms with E-state index in [4.69, 9.17) is 0 Å². The number of benzene rings is 1. The van der Waals surface area contributed by atoms with Crippen molar-refractivity contribution < 1.29 is 5.11 Å². The molecule has 132 valence electrons. The zero-order valence-corrected chi connectivity index (χ0v) is 15.2. The molecule has 2 bridgehead atoms. The van der Waals surface area contributed by atoms with Crippen LogP contribution in [0.2, 0.25) is 0 Å². The van der Waals surface area contributed by atoms with E-state index in [-0.39, 0.29) is 0 Å². The van der Waals surface area contributed by atoms with Crippen LogP contribution in [0.3, 0.4) is 0 Å². The molecule has 0 spiro atoms. The second kappa shape index (κ2) is 6.11. The molecule has 1 aromatic carbocycles. The smallest absolute Gasteiger partial charge is 0.0926 e. The van der Waals surface area contributed by atoms with Gasteiger partial charge in [-0.2, -0.15) is 5.10 Å². The van der Waals surface area contributed by atoms with Crippen LogP contribution < -0.4 is 0 Å². The minimum atomic E-state index is -0.684. The van der Waals surface area contributed by atoms with Crippen LogP contribution in [-0.2, 0) is 12.1 Å². The lowest BCUT2D eigenvalue weighted by Crippen LogP contribution is -2.49. The highest BCUT2D eigenvalue weighted by atomic mass is 16.3. The standard InChI is InChI=1S/C21H27N3O/c1-4-23-13-17(16(3)22-23)14-24-19-9-10-20(24)12-21(25,11-19)18-7-5-15(2)6-8-18/h4-8,13,19-20,25H,1,9-12,14H2,2-3H3/t19-,20-/m1/s1. The lowest BCUT2D eigenvalue weighted by atomic mass is 9.80. The van der Waals surface area contributed by atoms with Gasteiger partial charge in [0.15, 0.2) is 0 Å². The number of fused-ring (bicyclic) bond motifs is 2. The molecule has 2 aliphatic heterocycles. The Morgan fingerprint density at radius 3 is 2.40 bits per heavy atom. The van der Waals surface area contributed by atoms with Crippen LogP contribution in [0.4, 0.5) is 0 Å². The number of rotatable bonds is 4. The summed E-state index contributed by atoms with van der Waals surface area (Å²) in [6.45, 7) is 8.85. The second-order valence-corrected chi connectivity index (χ2v) is 7.77. The van der Waals surface area contributed by atoms with E-state index in [1.807, 2.05) is 0 Å². The predicted molar refractivity (Wildman–Crippen MR) is 100 cm³/mol. The highest BCUT2D eigenvalue weighted by Crippen LogP contribution is 2.46. The van der Waals surface area contributed by atoms with E-state index in [0.29, 0.717) is 12.1 Å². The highest BCUT2D eigenvalue weighted by molar-refractivity contribution is 5.29. The summed E-state index contributed by atoms with van der Waals surface area (Å²) < 4.78 is 1.79. The van der Waals surface area contributed by atoms with Gasteiger partial charge in [-0.15, -0.1) is 0 Å². The number of hydrogen-bond acceptors (Lipinski definition) is 3. The van der Waals surface area contributed by atoms with Crippen LogP contribution in [0.25, 0.3) is 6.20 Å². The van der Waals surface area contributed by atoms with E-state index < -0.39 is 5.60 Å². The maximum Gasteiger partial charge on any atom is 0.0926 e. The van der Waals surface area contributed by atoms with Crippen LogP contribution in [0.1, 0.15) is 48.1 Å². The molecule has 2 aliphatic rings. The van der Waals surface area contributed by atoms with Crippen LogP contribution >= 0.6 is 0 Å². The summed E-state index contributed by atoms with van der Waals surface area (Å²) in [5.41, 5.74) is 3.96. The fourth-order valence-corrected chi connectivity index (χ4v) is 4.64. The third kappa shape index (κ3) is 2.94. The largest absolute Gasteiger partial charge is 0.385 e. The van der Waals surface area contributed by atoms with Gasteiger partial charge in [-0.3, -0.25) is 4.90 Å². The fourth-order valence-electron chi connectivity index (χ4n) is 4.64. The molecular weight excluding hydrogens is 310 g/mol. The van der Waals surface area contributed by atoms with Crippen molar-refractivity contribution in [3.63, 3.8) is 0 Å². The molecule has 0 amide bonds. The molecule has 4 heteroatoms. The molecular formula is C21H27N3O. The van der Waals surface area contributed by atoms with Gasteiger partial charge >= 0.3 is 0 Å². The molecule has 0 aliphatic carbocycles. The van der Waals surface area contributed by atoms with Crippen molar-refractivity contribution >= 4 is 6.20 Å². The molecule has 0 saturated carbocycles. The topological polar surface area (TPSA) is 41.3 Å². The molecule has 4 rings (SSSR count). The quantitative estimate of drug-likeness (QED) is 0.926. The van der Waals surface area contributed by atoms with Crippen molar-refractivity contribution in [2.45, 2.75) is 63.8 Å². The van der Waals surface area contributed by atoms with Crippen molar-refractivity contribution in [1.82, 2.24) is 14.7 Å². The molecule has 4 nitrogen and oxygen atoms in total. The van der Waals surface area contributed by atoms with Gasteiger partial charge in [0.05, 0.1) is 11.3 Å². The zero-order valence-electron chi connectivity index (χ0n) is 15.2. The number of aryl methyl sites for hydroxylation is 2. The number of nitrogens with zero attached hydrogens (tertiary/aromatic N) is 3. The number of aliphatic hydroxyl groups is 1. The first kappa shape index (κ1) is 16.6. The summed E-state index contributed by atoms with van der Waals surface area (Å²) in [4.78, 5) is 2.58. The Morgan fingerprint density at radius 2 is 1.84 bits per heavy atom. The van der Waals surface area contributed by atoms with E-state index in [2.05, 4.69) is 60.9 Å². The van der Waals surface area contributed by atoms with Crippen LogP contribution in [-0.4, -0.2) is 31.9 Å². The van der Waals surface area contributed by atoms with Crippen molar-refractivity contribution in [2.75, 3.05) is 0 Å². The lowest BCUT2D eigenvalue weighted by Gasteiger charge is -2.44. The van der Waals surface area contributed by atoms with Crippen molar-refractivity contribution in [3.05, 3.63) is 59.4 Å². The first-order chi connectivity index (χ1) is 12.0. The Hall–Kier alpha value is -1.91. The van der Waals surface area contributed by atoms with E-state index in [9.17, 15) is 5.11 Å². The first-order valence-electron chi connectivity index (χ1n) is 9.21. The predicted octanol–water partition coefficient (Wildman–Crippen LogP) is 3.62. The second-order valence-electron chi connectivity index (χ2n) is 7.77. The summed E-state index contributed by atoms with van der Waals surface area (Å²) in [5, 5.41) is 15.8. The van der Waals surface area contributed by atoms with Crippen LogP contribution in [0.5, 0.6) is 0 Å². The monoisotopic (exact) mass is 337 g/mol. The van der Waals surface area contributed by atoms with Crippen LogP contribution in [0.15, 0.2) is 37.0 Å². The Morgan fingerprint density at radius 1 is 1.20 bits per heavy atom. The average molecular weight is 337 g/mol. The molecule has 3 heterocycles. The molecule has 1 aromatic heterocycles. The van der Waals surface area contributed by atoms with Gasteiger partial charge in [-0.05, 0) is 45.1 Å². The summed E-state index contributed by atoms with van der Waals surface area (Å²) in [6, 6.07) is 9.29. The molecule has 25 heavy (non-hydrogen) atoms. The highest BCUT2D eigenvalue weighted by Gasteiger charge is 2.48. The van der Waals surface area contributed by atoms with E-state index in [1.54, 1.807) is 10.9 Å². The fraction of sp³-hybridized carbons (Fsp3) is 0.476. The molecule has 2 fully saturated rings. The van der Waals surface area contributed by atoms with Gasteiger partial charge in [0.25, 0.3) is 0 Å². The Kier molecular flexibility index (Phi) is 4.05. The van der Waals surface area contributed by atoms with Crippen molar-refractivity contribution in [2.24, 2.45) is 0 Å². The minimum absolute atomic E-state index is 0.441. The Balaban J connectivity index is 1.54. The third-order valence-electron chi connectivity index (χ3n) is 6.06. The maximum absolute atomic E-state index is 11.3. The summed E-state index contributed by atoms with van der Waals surface area (Å²) in [7, 11) is 0. The zero-order chi connectivity index (χ0) is 17.6. The average Bonchev–Trinajstić information content (AvgIpc) is 3.06. The number of hydrogen-bond donors (Lipinski definition) is 1. The van der Waals surface area contributed by atoms with Crippen molar-refractivity contribution in [1.29, 1.82) is 0 Å². The number of aromatic nitrogens is 2. The Labute approximate surface area is 149 Å². The lowest BCUT2D eigenvalue weighted by molar-refractivity contribution is -0.0595. The van der Waals surface area contributed by atoms with E-state index in [0.717, 1.165) is 30.6 Å². The van der Waals surface area contributed by atoms with E-state index in [1.165, 1.54) is 24.0 Å². The molecule has 2 saturated heterocycles. The third-order valence-corrected chi connectivity index (χ3v) is 6.06. The van der Waals surface area contributed by atoms with Gasteiger partial charge in [0, 0.05) is 36.6 Å². The van der Waals surface area contributed by atoms with Crippen molar-refractivity contribution in [3.8, 4) is 0 Å². The van der Waals surface area contributed by atoms with Gasteiger partial charge in [-0.25, -0.2) is 4.68 Å². The molecule has 0 unspecified atom stereocenters. The SMILES string of the molecule is C=Cn1cc(CN2[C@@H]3CC[C@@H]2CC(O)(c2ccc(C)cc2)C3)c(C)n1. The molecule has 2 atom stereocenters. The molecule has 1 N–H and O–H groups in total. The maximum atomic E-state index is 11.3. The Bertz CT molecular complexity index is 763. The van der Waals surface area contributed by atoms with Crippen LogP contribution in [0, 0.1) is 13.8 Å².